The molecule has 4 nitrogen and oxygen atoms in total. The van der Waals surface area contributed by atoms with Crippen molar-refractivity contribution in [3.8, 4) is 11.5 Å². The molecule has 0 spiro atoms. The fraction of sp³-hybridized carbons (Fsp3) is 0.500. The minimum atomic E-state index is -0.571. The van der Waals surface area contributed by atoms with Crippen molar-refractivity contribution in [2.75, 3.05) is 14.2 Å². The van der Waals surface area contributed by atoms with Crippen LogP contribution < -0.4 is 9.47 Å². The molecule has 0 aromatic heterocycles. The Morgan fingerprint density at radius 1 is 1.00 bits per heavy atom. The monoisotopic (exact) mass is 412 g/mol. The summed E-state index contributed by atoms with van der Waals surface area (Å²) in [5.41, 5.74) is 1.41. The Hall–Kier alpha value is -2.49. The largest absolute Gasteiger partial charge is 0.500 e. The summed E-state index contributed by atoms with van der Waals surface area (Å²) >= 11 is 0. The molecule has 2 atom stereocenters. The van der Waals surface area contributed by atoms with Gasteiger partial charge in [0.2, 0.25) is 0 Å². The van der Waals surface area contributed by atoms with Gasteiger partial charge < -0.3 is 14.2 Å². The molecule has 1 aliphatic rings. The highest BCUT2D eigenvalue weighted by Crippen LogP contribution is 2.43. The zero-order chi connectivity index (χ0) is 22.7. The minimum absolute atomic E-state index is 0.178. The lowest BCUT2D eigenvalue weighted by molar-refractivity contribution is -0.137. The zero-order valence-corrected chi connectivity index (χ0v) is 19.7. The first-order valence-corrected chi connectivity index (χ1v) is 10.4. The van der Waals surface area contributed by atoms with E-state index in [1.165, 1.54) is 0 Å². The Morgan fingerprint density at radius 3 is 2.00 bits per heavy atom. The van der Waals surface area contributed by atoms with Crippen LogP contribution in [0.1, 0.15) is 59.1 Å². The molecule has 1 aromatic rings. The first kappa shape index (κ1) is 23.8. The maximum atomic E-state index is 13.3. The fourth-order valence-electron chi connectivity index (χ4n) is 3.56. The van der Waals surface area contributed by atoms with Crippen molar-refractivity contribution in [3.05, 3.63) is 59.9 Å². The number of methoxy groups -OCH3 is 2. The second-order valence-electron chi connectivity index (χ2n) is 9.80. The highest BCUT2D eigenvalue weighted by atomic mass is 16.5. The molecule has 2 rings (SSSR count). The molecular formula is C26H36O4. The maximum Gasteiger partial charge on any atom is 0.325 e. The van der Waals surface area contributed by atoms with E-state index >= 15 is 0 Å². The molecule has 0 N–H and O–H groups in total. The van der Waals surface area contributed by atoms with Gasteiger partial charge in [0.25, 0.3) is 0 Å². The number of rotatable bonds is 6. The number of benzene rings is 1. The predicted octanol–water partition coefficient (Wildman–Crippen LogP) is 6.10. The van der Waals surface area contributed by atoms with Crippen molar-refractivity contribution >= 4 is 5.97 Å². The highest BCUT2D eigenvalue weighted by molar-refractivity contribution is 5.81. The number of allylic oxidation sites excluding steroid dienone is 3. The molecule has 0 bridgehead atoms. The van der Waals surface area contributed by atoms with Crippen molar-refractivity contribution < 1.29 is 19.0 Å². The van der Waals surface area contributed by atoms with Crippen LogP contribution in [-0.4, -0.2) is 20.2 Å². The Bertz CT molecular complexity index is 812. The molecule has 0 radical (unpaired) electrons. The summed E-state index contributed by atoms with van der Waals surface area (Å²) in [6, 6.07) is 3.92. The molecular weight excluding hydrogens is 376 g/mol. The minimum Gasteiger partial charge on any atom is -0.500 e. The molecule has 30 heavy (non-hydrogen) atoms. The van der Waals surface area contributed by atoms with Crippen molar-refractivity contribution in [2.45, 2.75) is 58.8 Å². The summed E-state index contributed by atoms with van der Waals surface area (Å²) in [5, 5.41) is 0. The molecule has 0 fully saturated rings. The first-order valence-electron chi connectivity index (χ1n) is 10.4. The van der Waals surface area contributed by atoms with Gasteiger partial charge in [0.1, 0.15) is 23.2 Å². The molecule has 0 saturated carbocycles. The molecule has 0 saturated heterocycles. The fourth-order valence-corrected chi connectivity index (χ4v) is 3.56. The van der Waals surface area contributed by atoms with E-state index in [1.807, 2.05) is 36.4 Å². The number of ether oxygens (including phenoxy) is 3. The molecule has 0 amide bonds. The summed E-state index contributed by atoms with van der Waals surface area (Å²) in [5.74, 6) is 1.23. The SMILES string of the molecule is C=CCC1C=CC(C(=O)Oc2c(C(C)(C)C)cc(OC)cc2C(C)(C)C)C(OC)=C1. The van der Waals surface area contributed by atoms with Gasteiger partial charge in [-0.2, -0.15) is 0 Å². The molecule has 2 unspecified atom stereocenters. The normalized spacial score (nSPS) is 19.1. The number of hydrogen-bond acceptors (Lipinski definition) is 4. The third kappa shape index (κ3) is 5.35. The van der Waals surface area contributed by atoms with Crippen LogP contribution in [0.3, 0.4) is 0 Å². The summed E-state index contributed by atoms with van der Waals surface area (Å²) in [6.45, 7) is 16.4. The number of esters is 1. The lowest BCUT2D eigenvalue weighted by Crippen LogP contribution is -2.27. The van der Waals surface area contributed by atoms with E-state index in [1.54, 1.807) is 14.2 Å². The van der Waals surface area contributed by atoms with Crippen LogP contribution in [0.15, 0.2) is 48.8 Å². The van der Waals surface area contributed by atoms with Gasteiger partial charge in [0.15, 0.2) is 0 Å². The van der Waals surface area contributed by atoms with Crippen molar-refractivity contribution in [2.24, 2.45) is 11.8 Å². The summed E-state index contributed by atoms with van der Waals surface area (Å²) in [4.78, 5) is 13.3. The third-order valence-corrected chi connectivity index (χ3v) is 5.28. The first-order chi connectivity index (χ1) is 13.9. The summed E-state index contributed by atoms with van der Waals surface area (Å²) in [7, 11) is 3.24. The number of carbonyl (C=O) groups is 1. The quantitative estimate of drug-likeness (QED) is 0.321. The van der Waals surface area contributed by atoms with Gasteiger partial charge >= 0.3 is 5.97 Å². The van der Waals surface area contributed by atoms with Gasteiger partial charge in [-0.05, 0) is 35.5 Å². The average molecular weight is 413 g/mol. The smallest absolute Gasteiger partial charge is 0.325 e. The van der Waals surface area contributed by atoms with Crippen LogP contribution in [0, 0.1) is 11.8 Å². The van der Waals surface area contributed by atoms with Crippen LogP contribution in [0.4, 0.5) is 0 Å². The van der Waals surface area contributed by atoms with Gasteiger partial charge in [0, 0.05) is 17.0 Å². The van der Waals surface area contributed by atoms with Crippen LogP contribution in [-0.2, 0) is 20.4 Å². The third-order valence-electron chi connectivity index (χ3n) is 5.28. The van der Waals surface area contributed by atoms with E-state index in [2.05, 4.69) is 48.1 Å². The van der Waals surface area contributed by atoms with E-state index in [4.69, 9.17) is 14.2 Å². The Kier molecular flexibility index (Phi) is 7.23. The predicted molar refractivity (Wildman–Crippen MR) is 122 cm³/mol. The number of hydrogen-bond donors (Lipinski definition) is 0. The van der Waals surface area contributed by atoms with Crippen molar-refractivity contribution in [3.63, 3.8) is 0 Å². The molecule has 1 aliphatic carbocycles. The van der Waals surface area contributed by atoms with E-state index in [0.29, 0.717) is 11.5 Å². The van der Waals surface area contributed by atoms with Crippen molar-refractivity contribution in [1.82, 2.24) is 0 Å². The second kappa shape index (κ2) is 9.11. The van der Waals surface area contributed by atoms with Gasteiger partial charge in [-0.3, -0.25) is 4.79 Å². The van der Waals surface area contributed by atoms with Crippen LogP contribution >= 0.6 is 0 Å². The van der Waals surface area contributed by atoms with E-state index < -0.39 is 5.92 Å². The van der Waals surface area contributed by atoms with Gasteiger partial charge in [-0.25, -0.2) is 0 Å². The van der Waals surface area contributed by atoms with E-state index in [-0.39, 0.29) is 22.7 Å². The lowest BCUT2D eigenvalue weighted by Gasteiger charge is -2.30. The average Bonchev–Trinajstić information content (AvgIpc) is 2.66. The Morgan fingerprint density at radius 2 is 1.57 bits per heavy atom. The molecule has 0 aliphatic heterocycles. The Balaban J connectivity index is 2.51. The van der Waals surface area contributed by atoms with Crippen LogP contribution in [0.2, 0.25) is 0 Å². The van der Waals surface area contributed by atoms with Crippen LogP contribution in [0.5, 0.6) is 11.5 Å². The summed E-state index contributed by atoms with van der Waals surface area (Å²) in [6.07, 6.45) is 8.51. The van der Waals surface area contributed by atoms with E-state index in [9.17, 15) is 4.79 Å². The van der Waals surface area contributed by atoms with Crippen LogP contribution in [0.25, 0.3) is 0 Å². The Labute approximate surface area is 181 Å². The van der Waals surface area contributed by atoms with Crippen molar-refractivity contribution in [1.29, 1.82) is 0 Å². The van der Waals surface area contributed by atoms with Gasteiger partial charge in [-0.1, -0.05) is 59.8 Å². The molecule has 164 valence electrons. The summed E-state index contributed by atoms with van der Waals surface area (Å²) < 4.78 is 17.2. The maximum absolute atomic E-state index is 13.3. The molecule has 0 heterocycles. The topological polar surface area (TPSA) is 44.8 Å². The van der Waals surface area contributed by atoms with Gasteiger partial charge in [-0.15, -0.1) is 6.58 Å². The standard InChI is InChI=1S/C26H36O4/c1-10-11-17-12-13-19(22(14-17)29-9)24(27)30-23-20(25(2,3)4)15-18(28-8)16-21(23)26(5,6)7/h10,12-17,19H,1,11H2,2-9H3. The number of carbonyl (C=O) groups excluding carboxylic acids is 1. The van der Waals surface area contributed by atoms with E-state index in [0.717, 1.165) is 23.3 Å². The lowest BCUT2D eigenvalue weighted by atomic mass is 9.79. The van der Waals surface area contributed by atoms with Gasteiger partial charge in [0.05, 0.1) is 14.2 Å². The second-order valence-corrected chi connectivity index (χ2v) is 9.80. The highest BCUT2D eigenvalue weighted by Gasteiger charge is 2.33. The molecule has 4 heteroatoms. The zero-order valence-electron chi connectivity index (χ0n) is 19.7. The molecule has 1 aromatic carbocycles.